The van der Waals surface area contributed by atoms with Gasteiger partial charge in [-0.1, -0.05) is 0 Å². The van der Waals surface area contributed by atoms with E-state index in [1.54, 1.807) is 17.2 Å². The molecule has 27 heavy (non-hydrogen) atoms. The number of ether oxygens (including phenoxy) is 1. The van der Waals surface area contributed by atoms with Crippen LogP contribution in [0.1, 0.15) is 40.0 Å². The normalized spacial score (nSPS) is 14.4. The van der Waals surface area contributed by atoms with Crippen molar-refractivity contribution in [2.45, 2.75) is 51.7 Å². The van der Waals surface area contributed by atoms with E-state index in [-0.39, 0.29) is 12.1 Å². The lowest BCUT2D eigenvalue weighted by atomic mass is 9.91. The number of aromatic nitrogens is 1. The number of benzene rings is 1. The molecule has 1 aliphatic rings. The number of nitrogens with one attached hydrogen (secondary N) is 1. The minimum atomic E-state index is -0.522. The SMILES string of the molecule is CC(C)(C)OC(=O)N(c1ccc(Nc2ncc(Br)cc2N)cc1)C1CCC1. The van der Waals surface area contributed by atoms with Crippen molar-refractivity contribution in [1.82, 2.24) is 4.98 Å². The number of halogens is 1. The van der Waals surface area contributed by atoms with Crippen molar-refractivity contribution >= 4 is 44.9 Å². The number of anilines is 4. The van der Waals surface area contributed by atoms with Gasteiger partial charge >= 0.3 is 6.09 Å². The molecule has 0 atom stereocenters. The van der Waals surface area contributed by atoms with Gasteiger partial charge in [-0.25, -0.2) is 9.78 Å². The maximum atomic E-state index is 12.7. The lowest BCUT2D eigenvalue weighted by Gasteiger charge is -2.38. The summed E-state index contributed by atoms with van der Waals surface area (Å²) in [5.74, 6) is 0.592. The Bertz CT molecular complexity index is 814. The molecule has 1 heterocycles. The average Bonchev–Trinajstić information content (AvgIpc) is 2.52. The summed E-state index contributed by atoms with van der Waals surface area (Å²) in [5.41, 5.74) is 7.69. The second kappa shape index (κ2) is 7.76. The van der Waals surface area contributed by atoms with Gasteiger partial charge in [-0.3, -0.25) is 4.90 Å². The first-order valence-corrected chi connectivity index (χ1v) is 9.82. The van der Waals surface area contributed by atoms with Gasteiger partial charge in [0.1, 0.15) is 5.60 Å². The molecule has 1 aromatic carbocycles. The van der Waals surface area contributed by atoms with Crippen LogP contribution in [0, 0.1) is 0 Å². The number of rotatable bonds is 4. The first-order valence-electron chi connectivity index (χ1n) is 9.03. The molecule has 1 saturated carbocycles. The monoisotopic (exact) mass is 432 g/mol. The Hall–Kier alpha value is -2.28. The van der Waals surface area contributed by atoms with Gasteiger partial charge in [0.15, 0.2) is 5.82 Å². The molecule has 144 valence electrons. The summed E-state index contributed by atoms with van der Waals surface area (Å²) in [5, 5.41) is 3.20. The molecule has 0 unspecified atom stereocenters. The fourth-order valence-electron chi connectivity index (χ4n) is 2.82. The summed E-state index contributed by atoms with van der Waals surface area (Å²) in [4.78, 5) is 18.8. The van der Waals surface area contributed by atoms with Crippen LogP contribution in [0.15, 0.2) is 41.0 Å². The number of amides is 1. The van der Waals surface area contributed by atoms with Gasteiger partial charge < -0.3 is 15.8 Å². The topological polar surface area (TPSA) is 80.5 Å². The van der Waals surface area contributed by atoms with E-state index in [0.717, 1.165) is 35.1 Å². The van der Waals surface area contributed by atoms with E-state index in [1.165, 1.54) is 0 Å². The highest BCUT2D eigenvalue weighted by molar-refractivity contribution is 9.10. The Kier molecular flexibility index (Phi) is 5.60. The van der Waals surface area contributed by atoms with Crippen molar-refractivity contribution in [1.29, 1.82) is 0 Å². The maximum Gasteiger partial charge on any atom is 0.415 e. The molecule has 1 amide bonds. The number of carbonyl (C=O) groups is 1. The second-order valence-electron chi connectivity index (χ2n) is 7.70. The summed E-state index contributed by atoms with van der Waals surface area (Å²) in [6.07, 6.45) is 4.52. The minimum Gasteiger partial charge on any atom is -0.443 e. The molecule has 0 aliphatic heterocycles. The van der Waals surface area contributed by atoms with Gasteiger partial charge in [-0.2, -0.15) is 0 Å². The Morgan fingerprint density at radius 1 is 1.30 bits per heavy atom. The third-order valence-corrected chi connectivity index (χ3v) is 4.76. The van der Waals surface area contributed by atoms with Crippen LogP contribution >= 0.6 is 15.9 Å². The van der Waals surface area contributed by atoms with Crippen molar-refractivity contribution in [3.63, 3.8) is 0 Å². The summed E-state index contributed by atoms with van der Waals surface area (Å²) < 4.78 is 6.43. The molecule has 3 rings (SSSR count). The van der Waals surface area contributed by atoms with E-state index >= 15 is 0 Å². The van der Waals surface area contributed by atoms with Crippen LogP contribution in [0.3, 0.4) is 0 Å². The molecule has 1 fully saturated rings. The molecule has 6 nitrogen and oxygen atoms in total. The number of carbonyl (C=O) groups excluding carboxylic acids is 1. The summed E-state index contributed by atoms with van der Waals surface area (Å²) in [7, 11) is 0. The van der Waals surface area contributed by atoms with Crippen LogP contribution in [-0.4, -0.2) is 22.7 Å². The Labute approximate surface area is 168 Å². The van der Waals surface area contributed by atoms with Gasteiger partial charge in [0, 0.05) is 28.1 Å². The van der Waals surface area contributed by atoms with Gasteiger partial charge in [0.2, 0.25) is 0 Å². The Balaban J connectivity index is 1.77. The summed E-state index contributed by atoms with van der Waals surface area (Å²) in [6.45, 7) is 5.64. The quantitative estimate of drug-likeness (QED) is 0.669. The Morgan fingerprint density at radius 2 is 1.96 bits per heavy atom. The van der Waals surface area contributed by atoms with Gasteiger partial charge in [0.05, 0.1) is 5.69 Å². The predicted molar refractivity (Wildman–Crippen MR) is 112 cm³/mol. The van der Waals surface area contributed by atoms with Crippen LogP contribution in [-0.2, 0) is 4.74 Å². The number of nitrogen functional groups attached to an aromatic ring is 1. The van der Waals surface area contributed by atoms with E-state index in [1.807, 2.05) is 45.0 Å². The smallest absolute Gasteiger partial charge is 0.415 e. The number of hydrogen-bond acceptors (Lipinski definition) is 5. The molecular weight excluding hydrogens is 408 g/mol. The highest BCUT2D eigenvalue weighted by atomic mass is 79.9. The molecule has 7 heteroatoms. The minimum absolute atomic E-state index is 0.197. The number of nitrogens with two attached hydrogens (primary N) is 1. The van der Waals surface area contributed by atoms with Crippen molar-refractivity contribution in [2.24, 2.45) is 0 Å². The highest BCUT2D eigenvalue weighted by Gasteiger charge is 2.33. The predicted octanol–water partition coefficient (Wildman–Crippen LogP) is 5.46. The summed E-state index contributed by atoms with van der Waals surface area (Å²) in [6, 6.07) is 9.65. The zero-order chi connectivity index (χ0) is 19.6. The fourth-order valence-corrected chi connectivity index (χ4v) is 3.17. The lowest BCUT2D eigenvalue weighted by Crippen LogP contribution is -2.46. The van der Waals surface area contributed by atoms with E-state index in [2.05, 4.69) is 26.2 Å². The lowest BCUT2D eigenvalue weighted by molar-refractivity contribution is 0.0549. The molecule has 0 saturated heterocycles. The van der Waals surface area contributed by atoms with Crippen LogP contribution < -0.4 is 16.0 Å². The van der Waals surface area contributed by atoms with E-state index in [4.69, 9.17) is 10.5 Å². The fraction of sp³-hybridized carbons (Fsp3) is 0.400. The highest BCUT2D eigenvalue weighted by Crippen LogP contribution is 2.32. The van der Waals surface area contributed by atoms with E-state index < -0.39 is 5.60 Å². The van der Waals surface area contributed by atoms with E-state index in [9.17, 15) is 4.79 Å². The third kappa shape index (κ3) is 4.91. The van der Waals surface area contributed by atoms with Crippen molar-refractivity contribution < 1.29 is 9.53 Å². The standard InChI is InChI=1S/C20H25BrN4O2/c1-20(2,3)27-19(26)25(15-5-4-6-15)16-9-7-14(8-10-16)24-18-17(22)11-13(21)12-23-18/h7-12,15H,4-6,22H2,1-3H3,(H,23,24). The average molecular weight is 433 g/mol. The zero-order valence-corrected chi connectivity index (χ0v) is 17.4. The molecule has 3 N–H and O–H groups in total. The molecule has 0 radical (unpaired) electrons. The first-order chi connectivity index (χ1) is 12.7. The van der Waals surface area contributed by atoms with Crippen molar-refractivity contribution in [3.05, 3.63) is 41.0 Å². The molecule has 0 spiro atoms. The molecular formula is C20H25BrN4O2. The molecule has 0 bridgehead atoms. The van der Waals surface area contributed by atoms with Gasteiger partial charge in [-0.15, -0.1) is 0 Å². The van der Waals surface area contributed by atoms with Crippen LogP contribution in [0.4, 0.5) is 27.7 Å². The maximum absolute atomic E-state index is 12.7. The molecule has 1 aliphatic carbocycles. The number of nitrogens with zero attached hydrogens (tertiary/aromatic N) is 2. The molecule has 2 aromatic rings. The van der Waals surface area contributed by atoms with E-state index in [0.29, 0.717) is 11.5 Å². The van der Waals surface area contributed by atoms with Gasteiger partial charge in [0.25, 0.3) is 0 Å². The van der Waals surface area contributed by atoms with Crippen LogP contribution in [0.25, 0.3) is 0 Å². The van der Waals surface area contributed by atoms with Crippen LogP contribution in [0.5, 0.6) is 0 Å². The van der Waals surface area contributed by atoms with Crippen molar-refractivity contribution in [3.8, 4) is 0 Å². The molecule has 1 aromatic heterocycles. The second-order valence-corrected chi connectivity index (χ2v) is 8.61. The Morgan fingerprint density at radius 3 is 2.48 bits per heavy atom. The largest absolute Gasteiger partial charge is 0.443 e. The number of hydrogen-bond donors (Lipinski definition) is 2. The van der Waals surface area contributed by atoms with Crippen LogP contribution in [0.2, 0.25) is 0 Å². The van der Waals surface area contributed by atoms with Gasteiger partial charge in [-0.05, 0) is 86.3 Å². The number of pyridine rings is 1. The van der Waals surface area contributed by atoms with Crippen molar-refractivity contribution in [2.75, 3.05) is 16.0 Å². The first kappa shape index (κ1) is 19.5. The zero-order valence-electron chi connectivity index (χ0n) is 15.8. The third-order valence-electron chi connectivity index (χ3n) is 4.32. The summed E-state index contributed by atoms with van der Waals surface area (Å²) >= 11 is 3.35.